The fourth-order valence-corrected chi connectivity index (χ4v) is 2.11. The molecule has 1 N–H and O–H groups in total. The molecule has 0 aliphatic heterocycles. The zero-order valence-corrected chi connectivity index (χ0v) is 12.6. The van der Waals surface area contributed by atoms with E-state index in [1.165, 1.54) is 12.3 Å². The lowest BCUT2D eigenvalue weighted by molar-refractivity contribution is 0.0722. The van der Waals surface area contributed by atoms with Gasteiger partial charge in [0.15, 0.2) is 5.78 Å². The van der Waals surface area contributed by atoms with Crippen molar-refractivity contribution in [3.8, 4) is 5.75 Å². The Bertz CT molecular complexity index is 689. The summed E-state index contributed by atoms with van der Waals surface area (Å²) >= 11 is 5.82. The average Bonchev–Trinajstić information content (AvgIpc) is 2.41. The predicted molar refractivity (Wildman–Crippen MR) is 82.2 cm³/mol. The maximum atomic E-state index is 12.2. The summed E-state index contributed by atoms with van der Waals surface area (Å²) in [5, 5.41) is 0.618. The first-order chi connectivity index (χ1) is 9.87. The van der Waals surface area contributed by atoms with E-state index in [9.17, 15) is 9.59 Å². The molecule has 0 fully saturated rings. The molecule has 0 saturated heterocycles. The first kappa shape index (κ1) is 15.3. The molecule has 0 spiro atoms. The van der Waals surface area contributed by atoms with Gasteiger partial charge in [-0.3, -0.25) is 9.59 Å². The van der Waals surface area contributed by atoms with E-state index >= 15 is 0 Å². The van der Waals surface area contributed by atoms with E-state index in [2.05, 4.69) is 4.98 Å². The Labute approximate surface area is 127 Å². The Morgan fingerprint density at radius 1 is 1.24 bits per heavy atom. The van der Waals surface area contributed by atoms with Crippen molar-refractivity contribution in [2.75, 3.05) is 0 Å². The second-order valence-corrected chi connectivity index (χ2v) is 5.76. The Hall–Kier alpha value is -2.07. The van der Waals surface area contributed by atoms with Crippen LogP contribution >= 0.6 is 11.6 Å². The fraction of sp³-hybridized carbons (Fsp3) is 0.250. The minimum atomic E-state index is -0.729. The van der Waals surface area contributed by atoms with Gasteiger partial charge in [0.05, 0.1) is 12.0 Å². The Balaban J connectivity index is 2.10. The normalized spacial score (nSPS) is 11.2. The van der Waals surface area contributed by atoms with Crippen LogP contribution in [0.4, 0.5) is 0 Å². The summed E-state index contributed by atoms with van der Waals surface area (Å²) in [5.74, 6) is 0.370. The van der Waals surface area contributed by atoms with Crippen molar-refractivity contribution in [3.05, 3.63) is 63.5 Å². The second-order valence-electron chi connectivity index (χ2n) is 5.33. The van der Waals surface area contributed by atoms with E-state index in [0.29, 0.717) is 10.8 Å². The molecule has 2 aromatic rings. The van der Waals surface area contributed by atoms with Crippen molar-refractivity contribution >= 4 is 17.4 Å². The van der Waals surface area contributed by atoms with Gasteiger partial charge in [0, 0.05) is 11.2 Å². The molecule has 1 aromatic carbocycles. The number of hydrogen-bond donors (Lipinski definition) is 1. The lowest BCUT2D eigenvalue weighted by Gasteiger charge is -2.25. The molecule has 5 heteroatoms. The fourth-order valence-electron chi connectivity index (χ4n) is 1.98. The molecule has 1 heterocycles. The molecule has 0 aliphatic carbocycles. The van der Waals surface area contributed by atoms with Crippen LogP contribution in [0.15, 0.2) is 47.4 Å². The van der Waals surface area contributed by atoms with Crippen LogP contribution in [0, 0.1) is 0 Å². The third kappa shape index (κ3) is 4.20. The summed E-state index contributed by atoms with van der Waals surface area (Å²) in [5.41, 5.74) is -0.970. The van der Waals surface area contributed by atoms with Gasteiger partial charge in [-0.1, -0.05) is 11.6 Å². The lowest BCUT2D eigenvalue weighted by atomic mass is 9.98. The quantitative estimate of drug-likeness (QED) is 0.861. The molecule has 4 nitrogen and oxygen atoms in total. The van der Waals surface area contributed by atoms with Gasteiger partial charge in [-0.25, -0.2) is 0 Å². The summed E-state index contributed by atoms with van der Waals surface area (Å²) < 4.78 is 5.80. The molecule has 0 saturated carbocycles. The minimum absolute atomic E-state index is 0.0999. The number of H-pyrrole nitrogens is 1. The van der Waals surface area contributed by atoms with Gasteiger partial charge in [-0.05, 0) is 50.2 Å². The number of hydrogen-bond acceptors (Lipinski definition) is 3. The number of ether oxygens (including phenoxy) is 1. The topological polar surface area (TPSA) is 59.2 Å². The van der Waals surface area contributed by atoms with Crippen LogP contribution in [0.5, 0.6) is 5.75 Å². The number of rotatable bonds is 5. The van der Waals surface area contributed by atoms with Gasteiger partial charge in [0.2, 0.25) is 0 Å². The van der Waals surface area contributed by atoms with Crippen molar-refractivity contribution in [1.29, 1.82) is 0 Å². The van der Waals surface area contributed by atoms with E-state index < -0.39 is 5.60 Å². The van der Waals surface area contributed by atoms with Crippen molar-refractivity contribution in [3.63, 3.8) is 0 Å². The van der Waals surface area contributed by atoms with E-state index in [1.807, 2.05) is 0 Å². The summed E-state index contributed by atoms with van der Waals surface area (Å²) in [7, 11) is 0. The molecule has 110 valence electrons. The number of nitrogens with one attached hydrogen (secondary N) is 1. The zero-order chi connectivity index (χ0) is 15.5. The lowest BCUT2D eigenvalue weighted by Crippen LogP contribution is -2.33. The number of carbonyl (C=O) groups excluding carboxylic acids is 1. The first-order valence-electron chi connectivity index (χ1n) is 6.53. The SMILES string of the molecule is CC(C)(CC(=O)c1ccc[nH]c1=O)Oc1ccc(Cl)cc1. The number of pyridine rings is 1. The van der Waals surface area contributed by atoms with Crippen LogP contribution in [0.1, 0.15) is 30.6 Å². The highest BCUT2D eigenvalue weighted by atomic mass is 35.5. The highest BCUT2D eigenvalue weighted by Crippen LogP contribution is 2.23. The standard InChI is InChI=1S/C16H16ClNO3/c1-16(2,21-12-7-5-11(17)6-8-12)10-14(19)13-4-3-9-18-15(13)20/h3-9H,10H2,1-2H3,(H,18,20). The van der Waals surface area contributed by atoms with Crippen LogP contribution in [-0.4, -0.2) is 16.4 Å². The number of aromatic amines is 1. The summed E-state index contributed by atoms with van der Waals surface area (Å²) in [6.45, 7) is 3.60. The van der Waals surface area contributed by atoms with Crippen molar-refractivity contribution < 1.29 is 9.53 Å². The predicted octanol–water partition coefficient (Wildman–Crippen LogP) is 3.46. The van der Waals surface area contributed by atoms with E-state index in [4.69, 9.17) is 16.3 Å². The molecule has 0 bridgehead atoms. The second kappa shape index (κ2) is 6.14. The molecule has 0 atom stereocenters. The third-order valence-electron chi connectivity index (χ3n) is 2.91. The summed E-state index contributed by atoms with van der Waals surface area (Å²) in [6, 6.07) is 10.1. The van der Waals surface area contributed by atoms with Gasteiger partial charge < -0.3 is 9.72 Å². The monoisotopic (exact) mass is 305 g/mol. The molecule has 0 radical (unpaired) electrons. The van der Waals surface area contributed by atoms with Crippen LogP contribution in [0.3, 0.4) is 0 Å². The van der Waals surface area contributed by atoms with Gasteiger partial charge in [0.1, 0.15) is 11.4 Å². The number of aromatic nitrogens is 1. The van der Waals surface area contributed by atoms with Crippen LogP contribution < -0.4 is 10.3 Å². The molecule has 0 aliphatic rings. The maximum absolute atomic E-state index is 12.2. The molecule has 0 amide bonds. The first-order valence-corrected chi connectivity index (χ1v) is 6.91. The Morgan fingerprint density at radius 3 is 2.52 bits per heavy atom. The van der Waals surface area contributed by atoms with Crippen LogP contribution in [0.2, 0.25) is 5.02 Å². The number of ketones is 1. The average molecular weight is 306 g/mol. The van der Waals surface area contributed by atoms with Gasteiger partial charge in [-0.2, -0.15) is 0 Å². The summed E-state index contributed by atoms with van der Waals surface area (Å²) in [4.78, 5) is 26.3. The van der Waals surface area contributed by atoms with Crippen LogP contribution in [-0.2, 0) is 0 Å². The molecule has 0 unspecified atom stereocenters. The molecular formula is C16H16ClNO3. The highest BCUT2D eigenvalue weighted by Gasteiger charge is 2.26. The van der Waals surface area contributed by atoms with Crippen LogP contribution in [0.25, 0.3) is 0 Å². The summed E-state index contributed by atoms with van der Waals surface area (Å²) in [6.07, 6.45) is 1.59. The number of Topliss-reactive ketones (excluding diaryl/α,β-unsaturated/α-hetero) is 1. The number of carbonyl (C=O) groups is 1. The van der Waals surface area contributed by atoms with Crippen molar-refractivity contribution in [2.45, 2.75) is 25.9 Å². The zero-order valence-electron chi connectivity index (χ0n) is 11.9. The molecular weight excluding hydrogens is 290 g/mol. The van der Waals surface area contributed by atoms with Crippen molar-refractivity contribution in [1.82, 2.24) is 4.98 Å². The molecule has 2 rings (SSSR count). The smallest absolute Gasteiger partial charge is 0.258 e. The molecule has 1 aromatic heterocycles. The van der Waals surface area contributed by atoms with Gasteiger partial charge in [-0.15, -0.1) is 0 Å². The van der Waals surface area contributed by atoms with Crippen molar-refractivity contribution in [2.24, 2.45) is 0 Å². The largest absolute Gasteiger partial charge is 0.487 e. The molecule has 21 heavy (non-hydrogen) atoms. The highest BCUT2D eigenvalue weighted by molar-refractivity contribution is 6.30. The van der Waals surface area contributed by atoms with E-state index in [-0.39, 0.29) is 23.3 Å². The Morgan fingerprint density at radius 2 is 1.90 bits per heavy atom. The minimum Gasteiger partial charge on any atom is -0.487 e. The third-order valence-corrected chi connectivity index (χ3v) is 3.16. The van der Waals surface area contributed by atoms with E-state index in [0.717, 1.165) is 0 Å². The number of benzene rings is 1. The Kier molecular flexibility index (Phi) is 4.48. The van der Waals surface area contributed by atoms with E-state index in [1.54, 1.807) is 44.2 Å². The number of halogens is 1. The van der Waals surface area contributed by atoms with Gasteiger partial charge >= 0.3 is 0 Å². The maximum Gasteiger partial charge on any atom is 0.258 e. The van der Waals surface area contributed by atoms with Gasteiger partial charge in [0.25, 0.3) is 5.56 Å².